The summed E-state index contributed by atoms with van der Waals surface area (Å²) in [5.74, 6) is -4.24. The maximum Gasteiger partial charge on any atom is 0.331 e. The molecule has 0 bridgehead atoms. The van der Waals surface area contributed by atoms with Gasteiger partial charge in [0, 0.05) is 29.6 Å². The van der Waals surface area contributed by atoms with Crippen molar-refractivity contribution in [3.8, 4) is 23.0 Å². The Morgan fingerprint density at radius 2 is 1.69 bits per heavy atom. The number of nitrogens with zero attached hydrogens (tertiary/aromatic N) is 4. The van der Waals surface area contributed by atoms with Gasteiger partial charge >= 0.3 is 5.92 Å². The maximum atomic E-state index is 15.3. The topological polar surface area (TPSA) is 101 Å². The van der Waals surface area contributed by atoms with Gasteiger partial charge in [0.1, 0.15) is 11.2 Å². The van der Waals surface area contributed by atoms with Gasteiger partial charge in [-0.25, -0.2) is 9.97 Å². The van der Waals surface area contributed by atoms with Gasteiger partial charge in [-0.05, 0) is 40.2 Å². The molecule has 10 heteroatoms. The zero-order chi connectivity index (χ0) is 22.7. The SMILES string of the molecule is N=C(n1nc(Oc2ccccc2)ccc1=N)C(F)(F)c1cccc(-c2ncc(Br)cn2)c1. The van der Waals surface area contributed by atoms with Crippen LogP contribution in [-0.2, 0) is 5.92 Å². The molecule has 160 valence electrons. The molecule has 7 nitrogen and oxygen atoms in total. The first kappa shape index (κ1) is 21.4. The predicted molar refractivity (Wildman–Crippen MR) is 117 cm³/mol. The fraction of sp³-hybridized carbons (Fsp3) is 0.0455. The molecule has 2 N–H and O–H groups in total. The van der Waals surface area contributed by atoms with Crippen molar-refractivity contribution >= 4 is 21.8 Å². The summed E-state index contributed by atoms with van der Waals surface area (Å²) >= 11 is 3.23. The third-order valence-corrected chi connectivity index (χ3v) is 4.80. The highest BCUT2D eigenvalue weighted by molar-refractivity contribution is 9.10. The monoisotopic (exact) mass is 496 g/mol. The van der Waals surface area contributed by atoms with E-state index >= 15 is 8.78 Å². The molecule has 0 fully saturated rings. The standard InChI is InChI=1S/C22H15BrF2N6O/c23-16-12-28-20(29-13-16)14-5-4-6-15(11-14)22(24,25)21(27)31-18(26)9-10-19(30-31)32-17-7-2-1-3-8-17/h1-13,26-27H. The Kier molecular flexibility index (Phi) is 5.87. The van der Waals surface area contributed by atoms with Crippen LogP contribution in [0.4, 0.5) is 8.78 Å². The zero-order valence-corrected chi connectivity index (χ0v) is 17.9. The Labute approximate surface area is 189 Å². The maximum absolute atomic E-state index is 15.3. The molecule has 0 aliphatic heterocycles. The molecule has 0 saturated carbocycles. The summed E-state index contributed by atoms with van der Waals surface area (Å²) in [7, 11) is 0. The van der Waals surface area contributed by atoms with Crippen LogP contribution in [0.2, 0.25) is 0 Å². The summed E-state index contributed by atoms with van der Waals surface area (Å²) in [6.07, 6.45) is 3.03. The molecule has 4 rings (SSSR count). The lowest BCUT2D eigenvalue weighted by atomic mass is 10.0. The second-order valence-electron chi connectivity index (χ2n) is 6.61. The summed E-state index contributed by atoms with van der Waals surface area (Å²) in [4.78, 5) is 8.24. The smallest absolute Gasteiger partial charge is 0.331 e. The van der Waals surface area contributed by atoms with Gasteiger partial charge in [-0.15, -0.1) is 5.10 Å². The van der Waals surface area contributed by atoms with Crippen molar-refractivity contribution in [3.63, 3.8) is 0 Å². The van der Waals surface area contributed by atoms with Crippen LogP contribution in [0.25, 0.3) is 11.4 Å². The van der Waals surface area contributed by atoms with Gasteiger partial charge in [-0.3, -0.25) is 10.8 Å². The molecule has 0 amide bonds. The highest BCUT2D eigenvalue weighted by atomic mass is 79.9. The average Bonchev–Trinajstić information content (AvgIpc) is 2.81. The van der Waals surface area contributed by atoms with Crippen LogP contribution in [-0.4, -0.2) is 25.6 Å². The number of aromatic nitrogens is 4. The second kappa shape index (κ2) is 8.75. The van der Waals surface area contributed by atoms with Gasteiger partial charge < -0.3 is 4.74 Å². The van der Waals surface area contributed by atoms with E-state index in [9.17, 15) is 0 Å². The number of para-hydroxylation sites is 1. The van der Waals surface area contributed by atoms with Crippen LogP contribution in [0, 0.1) is 10.8 Å². The Morgan fingerprint density at radius 3 is 2.41 bits per heavy atom. The second-order valence-corrected chi connectivity index (χ2v) is 7.53. The van der Waals surface area contributed by atoms with Gasteiger partial charge in [0.2, 0.25) is 5.88 Å². The number of hydrogen-bond donors (Lipinski definition) is 2. The van der Waals surface area contributed by atoms with Crippen molar-refractivity contribution in [2.45, 2.75) is 5.92 Å². The van der Waals surface area contributed by atoms with E-state index in [2.05, 4.69) is 31.0 Å². The lowest BCUT2D eigenvalue weighted by Crippen LogP contribution is -2.39. The van der Waals surface area contributed by atoms with Crippen LogP contribution in [0.5, 0.6) is 11.6 Å². The minimum absolute atomic E-state index is 0.0234. The summed E-state index contributed by atoms with van der Waals surface area (Å²) in [6, 6.07) is 16.7. The fourth-order valence-electron chi connectivity index (χ4n) is 2.83. The predicted octanol–water partition coefficient (Wildman–Crippen LogP) is 4.99. The summed E-state index contributed by atoms with van der Waals surface area (Å²) < 4.78 is 37.3. The first-order chi connectivity index (χ1) is 15.3. The van der Waals surface area contributed by atoms with E-state index in [-0.39, 0.29) is 17.2 Å². The molecule has 0 aliphatic rings. The van der Waals surface area contributed by atoms with Gasteiger partial charge in [0.15, 0.2) is 11.7 Å². The minimum atomic E-state index is -3.75. The van der Waals surface area contributed by atoms with Gasteiger partial charge in [-0.2, -0.15) is 13.5 Å². The summed E-state index contributed by atoms with van der Waals surface area (Å²) in [5.41, 5.74) is -0.468. The number of benzene rings is 2. The fourth-order valence-corrected chi connectivity index (χ4v) is 3.03. The average molecular weight is 497 g/mol. The van der Waals surface area contributed by atoms with E-state index in [0.29, 0.717) is 20.5 Å². The molecule has 32 heavy (non-hydrogen) atoms. The molecule has 0 saturated heterocycles. The lowest BCUT2D eigenvalue weighted by molar-refractivity contribution is 0.0695. The molecular weight excluding hydrogens is 482 g/mol. The number of rotatable bonds is 5. The molecule has 0 unspecified atom stereocenters. The van der Waals surface area contributed by atoms with E-state index in [1.165, 1.54) is 42.7 Å². The first-order valence-corrected chi connectivity index (χ1v) is 10.1. The number of halogens is 3. The normalized spacial score (nSPS) is 11.2. The summed E-state index contributed by atoms with van der Waals surface area (Å²) in [6.45, 7) is 0. The third kappa shape index (κ3) is 4.45. The Balaban J connectivity index is 1.67. The Bertz CT molecular complexity index is 1330. The first-order valence-electron chi connectivity index (χ1n) is 9.28. The van der Waals surface area contributed by atoms with E-state index < -0.39 is 17.3 Å². The Hall–Kier alpha value is -3.79. The van der Waals surface area contributed by atoms with E-state index in [1.54, 1.807) is 36.4 Å². The van der Waals surface area contributed by atoms with Crippen LogP contribution in [0.15, 0.2) is 83.6 Å². The van der Waals surface area contributed by atoms with Gasteiger partial charge in [-0.1, -0.05) is 36.4 Å². The van der Waals surface area contributed by atoms with Crippen LogP contribution in [0.1, 0.15) is 5.56 Å². The van der Waals surface area contributed by atoms with Crippen LogP contribution in [0.3, 0.4) is 0 Å². The zero-order valence-electron chi connectivity index (χ0n) is 16.3. The molecule has 4 aromatic rings. The molecule has 0 atom stereocenters. The molecule has 2 aromatic carbocycles. The van der Waals surface area contributed by atoms with Crippen molar-refractivity contribution in [3.05, 3.63) is 94.6 Å². The molecule has 0 radical (unpaired) electrons. The number of hydrogen-bond acceptors (Lipinski definition) is 6. The number of alkyl halides is 2. The number of nitrogens with one attached hydrogen (secondary N) is 2. The quantitative estimate of drug-likeness (QED) is 0.300. The third-order valence-electron chi connectivity index (χ3n) is 4.39. The molecule has 2 heterocycles. The van der Waals surface area contributed by atoms with Crippen LogP contribution < -0.4 is 10.2 Å². The Morgan fingerprint density at radius 1 is 0.969 bits per heavy atom. The number of ether oxygens (including phenoxy) is 1. The van der Waals surface area contributed by atoms with Crippen molar-refractivity contribution < 1.29 is 13.5 Å². The minimum Gasteiger partial charge on any atom is -0.438 e. The van der Waals surface area contributed by atoms with Crippen molar-refractivity contribution in [1.82, 2.24) is 19.7 Å². The molecular formula is C22H15BrF2N6O. The molecule has 2 aromatic heterocycles. The van der Waals surface area contributed by atoms with Crippen molar-refractivity contribution in [2.24, 2.45) is 0 Å². The summed E-state index contributed by atoms with van der Waals surface area (Å²) in [5, 5.41) is 20.0. The van der Waals surface area contributed by atoms with Gasteiger partial charge in [0.05, 0.1) is 4.47 Å². The van der Waals surface area contributed by atoms with Crippen LogP contribution >= 0.6 is 15.9 Å². The van der Waals surface area contributed by atoms with Crippen molar-refractivity contribution in [1.29, 1.82) is 10.8 Å². The van der Waals surface area contributed by atoms with E-state index in [1.807, 2.05) is 0 Å². The molecule has 0 aliphatic carbocycles. The highest BCUT2D eigenvalue weighted by Crippen LogP contribution is 2.32. The van der Waals surface area contributed by atoms with Crippen molar-refractivity contribution in [2.75, 3.05) is 0 Å². The molecule has 0 spiro atoms. The van der Waals surface area contributed by atoms with Gasteiger partial charge in [0.25, 0.3) is 0 Å². The largest absolute Gasteiger partial charge is 0.438 e. The lowest BCUT2D eigenvalue weighted by Gasteiger charge is -2.19. The van der Waals surface area contributed by atoms with E-state index in [4.69, 9.17) is 15.6 Å². The highest BCUT2D eigenvalue weighted by Gasteiger charge is 2.40. The van der Waals surface area contributed by atoms with E-state index in [0.717, 1.165) is 0 Å².